The number of hydrogen-bond donors (Lipinski definition) is 2. The highest BCUT2D eigenvalue weighted by Crippen LogP contribution is 2.21. The number of rotatable bonds is 4. The van der Waals surface area contributed by atoms with Gasteiger partial charge in [-0.1, -0.05) is 0 Å². The van der Waals surface area contributed by atoms with Crippen LogP contribution in [0.4, 0.5) is 5.82 Å². The fraction of sp³-hybridized carbons (Fsp3) is 0.0909. The number of primary sulfonamides is 1. The van der Waals surface area contributed by atoms with Gasteiger partial charge in [0, 0.05) is 11.1 Å². The molecule has 0 bridgehead atoms. The molecular formula is C11H10N4O2S2. The number of sulfonamides is 1. The third-order valence-corrected chi connectivity index (χ3v) is 4.80. The maximum Gasteiger partial charge on any atom is 0.247 e. The summed E-state index contributed by atoms with van der Waals surface area (Å²) in [5.74, 6) is 0.468. The molecule has 0 unspecified atom stereocenters. The molecule has 98 valence electrons. The van der Waals surface area contributed by atoms with Crippen LogP contribution in [0.3, 0.4) is 0 Å². The van der Waals surface area contributed by atoms with Gasteiger partial charge in [0.25, 0.3) is 0 Å². The minimum absolute atomic E-state index is 0.117. The van der Waals surface area contributed by atoms with Crippen molar-refractivity contribution in [2.75, 3.05) is 5.32 Å². The zero-order valence-electron chi connectivity index (χ0n) is 9.70. The summed E-state index contributed by atoms with van der Waals surface area (Å²) in [7, 11) is -3.65. The number of thiophene rings is 1. The number of hydrogen-bond acceptors (Lipinski definition) is 6. The fourth-order valence-corrected chi connectivity index (χ4v) is 3.13. The van der Waals surface area contributed by atoms with Gasteiger partial charge in [-0.2, -0.15) is 5.26 Å². The third-order valence-electron chi connectivity index (χ3n) is 2.28. The van der Waals surface area contributed by atoms with Crippen molar-refractivity contribution in [1.29, 1.82) is 5.26 Å². The van der Waals surface area contributed by atoms with Crippen molar-refractivity contribution in [1.82, 2.24) is 4.98 Å². The van der Waals surface area contributed by atoms with Gasteiger partial charge in [-0.3, -0.25) is 0 Å². The molecule has 0 amide bonds. The average Bonchev–Trinajstić information content (AvgIpc) is 2.85. The number of pyridine rings is 1. The van der Waals surface area contributed by atoms with E-state index >= 15 is 0 Å². The lowest BCUT2D eigenvalue weighted by atomic mass is 10.3. The van der Waals surface area contributed by atoms with Crippen LogP contribution in [0.2, 0.25) is 0 Å². The SMILES string of the molecule is N#Cc1cccnc1NCc1ccc(S(N)(=O)=O)s1. The zero-order chi connectivity index (χ0) is 13.9. The molecule has 8 heteroatoms. The van der Waals surface area contributed by atoms with Crippen molar-refractivity contribution in [2.45, 2.75) is 10.8 Å². The molecule has 0 aliphatic carbocycles. The van der Waals surface area contributed by atoms with Crippen LogP contribution in [-0.4, -0.2) is 13.4 Å². The van der Waals surface area contributed by atoms with E-state index < -0.39 is 10.0 Å². The minimum Gasteiger partial charge on any atom is -0.364 e. The van der Waals surface area contributed by atoms with E-state index in [0.717, 1.165) is 16.2 Å². The van der Waals surface area contributed by atoms with Crippen molar-refractivity contribution >= 4 is 27.2 Å². The highest BCUT2D eigenvalue weighted by atomic mass is 32.2. The van der Waals surface area contributed by atoms with Gasteiger partial charge in [0.15, 0.2) is 0 Å². The van der Waals surface area contributed by atoms with Crippen LogP contribution < -0.4 is 10.5 Å². The number of aromatic nitrogens is 1. The van der Waals surface area contributed by atoms with Crippen molar-refractivity contribution in [3.05, 3.63) is 40.9 Å². The van der Waals surface area contributed by atoms with E-state index in [1.165, 1.54) is 6.07 Å². The first-order chi connectivity index (χ1) is 9.00. The predicted octanol–water partition coefficient (Wildman–Crippen LogP) is 1.27. The lowest BCUT2D eigenvalue weighted by Gasteiger charge is -2.04. The Balaban J connectivity index is 2.12. The van der Waals surface area contributed by atoms with E-state index in [1.54, 1.807) is 24.4 Å². The van der Waals surface area contributed by atoms with E-state index in [2.05, 4.69) is 10.3 Å². The molecule has 6 nitrogen and oxygen atoms in total. The monoisotopic (exact) mass is 294 g/mol. The molecule has 0 saturated carbocycles. The Hall–Kier alpha value is -1.95. The number of nitrogens with one attached hydrogen (secondary N) is 1. The smallest absolute Gasteiger partial charge is 0.247 e. The summed E-state index contributed by atoms with van der Waals surface area (Å²) in [6, 6.07) is 8.48. The van der Waals surface area contributed by atoms with Gasteiger partial charge in [-0.25, -0.2) is 18.5 Å². The van der Waals surface area contributed by atoms with E-state index in [-0.39, 0.29) is 4.21 Å². The topological polar surface area (TPSA) is 109 Å². The van der Waals surface area contributed by atoms with Gasteiger partial charge in [0.1, 0.15) is 16.1 Å². The summed E-state index contributed by atoms with van der Waals surface area (Å²) in [5, 5.41) is 16.9. The number of nitrogens with two attached hydrogens (primary N) is 1. The molecule has 0 spiro atoms. The number of anilines is 1. The van der Waals surface area contributed by atoms with Crippen molar-refractivity contribution in [3.63, 3.8) is 0 Å². The highest BCUT2D eigenvalue weighted by molar-refractivity contribution is 7.91. The Bertz CT molecular complexity index is 731. The number of nitriles is 1. The molecule has 0 aromatic carbocycles. The lowest BCUT2D eigenvalue weighted by molar-refractivity contribution is 0.600. The quantitative estimate of drug-likeness (QED) is 0.882. The summed E-state index contributed by atoms with van der Waals surface area (Å²) in [6.45, 7) is 0.381. The van der Waals surface area contributed by atoms with Gasteiger partial charge < -0.3 is 5.32 Å². The minimum atomic E-state index is -3.65. The van der Waals surface area contributed by atoms with Crippen LogP contribution in [-0.2, 0) is 16.6 Å². The average molecular weight is 294 g/mol. The second-order valence-corrected chi connectivity index (χ2v) is 6.59. The molecule has 2 rings (SSSR count). The Morgan fingerprint density at radius 3 is 2.84 bits per heavy atom. The first-order valence-electron chi connectivity index (χ1n) is 5.21. The van der Waals surface area contributed by atoms with Crippen LogP contribution >= 0.6 is 11.3 Å². The summed E-state index contributed by atoms with van der Waals surface area (Å²) < 4.78 is 22.4. The molecular weight excluding hydrogens is 284 g/mol. The molecule has 0 saturated heterocycles. The van der Waals surface area contributed by atoms with Gasteiger partial charge >= 0.3 is 0 Å². The highest BCUT2D eigenvalue weighted by Gasteiger charge is 2.11. The number of nitrogens with zero attached hydrogens (tertiary/aromatic N) is 2. The van der Waals surface area contributed by atoms with Gasteiger partial charge in [0.05, 0.1) is 12.1 Å². The largest absolute Gasteiger partial charge is 0.364 e. The van der Waals surface area contributed by atoms with E-state index in [0.29, 0.717) is 17.9 Å². The standard InChI is InChI=1S/C11H10N4O2S2/c12-6-8-2-1-5-14-11(8)15-7-9-3-4-10(18-9)19(13,16)17/h1-5H,7H2,(H,14,15)(H2,13,16,17). The lowest BCUT2D eigenvalue weighted by Crippen LogP contribution is -2.09. The molecule has 2 heterocycles. The van der Waals surface area contributed by atoms with Crippen LogP contribution in [0.15, 0.2) is 34.7 Å². The second kappa shape index (κ2) is 5.36. The summed E-state index contributed by atoms with van der Waals surface area (Å²) in [5.41, 5.74) is 0.436. The molecule has 0 aliphatic rings. The Labute approximate surface area is 114 Å². The summed E-state index contributed by atoms with van der Waals surface area (Å²) in [6.07, 6.45) is 1.58. The van der Waals surface area contributed by atoms with Crippen molar-refractivity contribution in [2.24, 2.45) is 5.14 Å². The fourth-order valence-electron chi connectivity index (χ4n) is 1.41. The van der Waals surface area contributed by atoms with E-state index in [1.807, 2.05) is 6.07 Å². The van der Waals surface area contributed by atoms with Gasteiger partial charge in [-0.05, 0) is 24.3 Å². The van der Waals surface area contributed by atoms with Gasteiger partial charge in [-0.15, -0.1) is 11.3 Å². The Kier molecular flexibility index (Phi) is 3.80. The van der Waals surface area contributed by atoms with Crippen LogP contribution in [0, 0.1) is 11.3 Å². The normalized spacial score (nSPS) is 10.9. The summed E-state index contributed by atoms with van der Waals surface area (Å²) >= 11 is 1.09. The predicted molar refractivity (Wildman–Crippen MR) is 72.0 cm³/mol. The summed E-state index contributed by atoms with van der Waals surface area (Å²) in [4.78, 5) is 4.84. The zero-order valence-corrected chi connectivity index (χ0v) is 11.3. The van der Waals surface area contributed by atoms with E-state index in [9.17, 15) is 8.42 Å². The van der Waals surface area contributed by atoms with Crippen LogP contribution in [0.25, 0.3) is 0 Å². The molecule has 0 fully saturated rings. The Morgan fingerprint density at radius 1 is 1.42 bits per heavy atom. The van der Waals surface area contributed by atoms with Crippen molar-refractivity contribution < 1.29 is 8.42 Å². The first kappa shape index (κ1) is 13.5. The molecule has 2 aromatic rings. The van der Waals surface area contributed by atoms with Gasteiger partial charge in [0.2, 0.25) is 10.0 Å². The molecule has 2 aromatic heterocycles. The second-order valence-electron chi connectivity index (χ2n) is 3.63. The maximum atomic E-state index is 11.1. The third kappa shape index (κ3) is 3.29. The Morgan fingerprint density at radius 2 is 2.21 bits per heavy atom. The maximum absolute atomic E-state index is 11.1. The van der Waals surface area contributed by atoms with Crippen molar-refractivity contribution in [3.8, 4) is 6.07 Å². The molecule has 0 aliphatic heterocycles. The first-order valence-corrected chi connectivity index (χ1v) is 7.57. The molecule has 3 N–H and O–H groups in total. The molecule has 19 heavy (non-hydrogen) atoms. The molecule has 0 atom stereocenters. The molecule has 0 radical (unpaired) electrons. The van der Waals surface area contributed by atoms with Crippen LogP contribution in [0.5, 0.6) is 0 Å². The van der Waals surface area contributed by atoms with Crippen LogP contribution in [0.1, 0.15) is 10.4 Å². The van der Waals surface area contributed by atoms with E-state index in [4.69, 9.17) is 10.4 Å².